The van der Waals surface area contributed by atoms with Gasteiger partial charge in [-0.2, -0.15) is 0 Å². The van der Waals surface area contributed by atoms with Gasteiger partial charge in [0.15, 0.2) is 0 Å². The van der Waals surface area contributed by atoms with Crippen molar-refractivity contribution in [3.05, 3.63) is 94.9 Å². The number of rotatable bonds is 5. The Balaban J connectivity index is 2.02. The lowest BCUT2D eigenvalue weighted by Gasteiger charge is -2.10. The van der Waals surface area contributed by atoms with Crippen LogP contribution in [0.1, 0.15) is 37.6 Å². The summed E-state index contributed by atoms with van der Waals surface area (Å²) in [6, 6.07) is 17.9. The minimum Gasteiger partial charge on any atom is -0.465 e. The quantitative estimate of drug-likeness (QED) is 0.628. The predicted molar refractivity (Wildman–Crippen MR) is 101 cm³/mol. The van der Waals surface area contributed by atoms with Crippen molar-refractivity contribution in [3.63, 3.8) is 0 Å². The van der Waals surface area contributed by atoms with Gasteiger partial charge in [0.05, 0.1) is 31.6 Å². The molecule has 3 rings (SSSR count). The van der Waals surface area contributed by atoms with Gasteiger partial charge in [-0.25, -0.2) is 9.59 Å². The molecule has 5 nitrogen and oxygen atoms in total. The number of carbonyl (C=O) groups is 2. The first kappa shape index (κ1) is 18.2. The second kappa shape index (κ2) is 8.19. The second-order valence-electron chi connectivity index (χ2n) is 5.71. The maximum Gasteiger partial charge on any atom is 0.337 e. The van der Waals surface area contributed by atoms with E-state index in [-0.39, 0.29) is 11.9 Å². The molecule has 0 radical (unpaired) electrons. The minimum absolute atomic E-state index is 0.388. The summed E-state index contributed by atoms with van der Waals surface area (Å²) in [7, 11) is 2.70. The SMILES string of the molecule is COC(=O)c1ccc(C(=Cc2ccco2)c2ccc(C(=O)OC)cc2)cc1. The number of ether oxygens (including phenoxy) is 2. The number of methoxy groups -OCH3 is 2. The van der Waals surface area contributed by atoms with E-state index in [4.69, 9.17) is 13.9 Å². The van der Waals surface area contributed by atoms with Crippen LogP contribution in [0.15, 0.2) is 71.3 Å². The fourth-order valence-corrected chi connectivity index (χ4v) is 2.66. The van der Waals surface area contributed by atoms with Gasteiger partial charge in [-0.1, -0.05) is 24.3 Å². The largest absolute Gasteiger partial charge is 0.465 e. The monoisotopic (exact) mass is 362 g/mol. The Morgan fingerprint density at radius 1 is 0.741 bits per heavy atom. The van der Waals surface area contributed by atoms with Crippen molar-refractivity contribution in [1.82, 2.24) is 0 Å². The van der Waals surface area contributed by atoms with Crippen LogP contribution in [0.3, 0.4) is 0 Å². The van der Waals surface area contributed by atoms with Gasteiger partial charge in [0.25, 0.3) is 0 Å². The maximum atomic E-state index is 11.7. The van der Waals surface area contributed by atoms with E-state index in [0.717, 1.165) is 16.7 Å². The van der Waals surface area contributed by atoms with Gasteiger partial charge in [-0.3, -0.25) is 0 Å². The van der Waals surface area contributed by atoms with Crippen LogP contribution in [0.25, 0.3) is 11.6 Å². The van der Waals surface area contributed by atoms with E-state index in [1.807, 2.05) is 42.5 Å². The number of esters is 2. The molecule has 1 aromatic heterocycles. The van der Waals surface area contributed by atoms with Gasteiger partial charge in [0.2, 0.25) is 0 Å². The molecule has 0 saturated heterocycles. The van der Waals surface area contributed by atoms with E-state index in [1.165, 1.54) is 14.2 Å². The molecule has 2 aromatic carbocycles. The number of carbonyl (C=O) groups excluding carboxylic acids is 2. The molecule has 27 heavy (non-hydrogen) atoms. The summed E-state index contributed by atoms with van der Waals surface area (Å²) in [5, 5.41) is 0. The van der Waals surface area contributed by atoms with E-state index >= 15 is 0 Å². The van der Waals surface area contributed by atoms with Crippen LogP contribution in [-0.2, 0) is 9.47 Å². The fourth-order valence-electron chi connectivity index (χ4n) is 2.66. The van der Waals surface area contributed by atoms with Crippen molar-refractivity contribution in [1.29, 1.82) is 0 Å². The van der Waals surface area contributed by atoms with Crippen LogP contribution in [-0.4, -0.2) is 26.2 Å². The molecule has 0 atom stereocenters. The molecule has 0 aliphatic heterocycles. The van der Waals surface area contributed by atoms with Crippen molar-refractivity contribution < 1.29 is 23.5 Å². The highest BCUT2D eigenvalue weighted by molar-refractivity contribution is 5.94. The number of furan rings is 1. The molecular formula is C22H18O5. The van der Waals surface area contributed by atoms with E-state index < -0.39 is 0 Å². The van der Waals surface area contributed by atoms with Crippen molar-refractivity contribution in [3.8, 4) is 0 Å². The first-order valence-corrected chi connectivity index (χ1v) is 8.25. The van der Waals surface area contributed by atoms with Gasteiger partial charge >= 0.3 is 11.9 Å². The summed E-state index contributed by atoms with van der Waals surface area (Å²) in [6.45, 7) is 0. The summed E-state index contributed by atoms with van der Waals surface area (Å²) in [6.07, 6.45) is 3.50. The highest BCUT2D eigenvalue weighted by Crippen LogP contribution is 2.27. The number of benzene rings is 2. The minimum atomic E-state index is -0.388. The van der Waals surface area contributed by atoms with Crippen LogP contribution in [0.4, 0.5) is 0 Å². The Labute approximate surface area is 156 Å². The molecule has 0 spiro atoms. The smallest absolute Gasteiger partial charge is 0.337 e. The zero-order chi connectivity index (χ0) is 19.2. The summed E-state index contributed by atoms with van der Waals surface area (Å²) in [4.78, 5) is 23.3. The van der Waals surface area contributed by atoms with E-state index in [9.17, 15) is 9.59 Å². The number of hydrogen-bond donors (Lipinski definition) is 0. The topological polar surface area (TPSA) is 65.7 Å². The molecule has 136 valence electrons. The molecule has 0 bridgehead atoms. The van der Waals surface area contributed by atoms with Gasteiger partial charge < -0.3 is 13.9 Å². The highest BCUT2D eigenvalue weighted by Gasteiger charge is 2.11. The summed E-state index contributed by atoms with van der Waals surface area (Å²) >= 11 is 0. The molecule has 5 heteroatoms. The van der Waals surface area contributed by atoms with Crippen LogP contribution in [0.5, 0.6) is 0 Å². The maximum absolute atomic E-state index is 11.7. The van der Waals surface area contributed by atoms with Crippen molar-refractivity contribution in [2.45, 2.75) is 0 Å². The lowest BCUT2D eigenvalue weighted by Crippen LogP contribution is -2.02. The Morgan fingerprint density at radius 2 is 1.19 bits per heavy atom. The molecule has 0 unspecified atom stereocenters. The van der Waals surface area contributed by atoms with Gasteiger partial charge in [-0.15, -0.1) is 0 Å². The average Bonchev–Trinajstić information content (AvgIpc) is 3.24. The lowest BCUT2D eigenvalue weighted by atomic mass is 9.95. The van der Waals surface area contributed by atoms with Crippen LogP contribution in [0, 0.1) is 0 Å². The molecule has 0 saturated carbocycles. The van der Waals surface area contributed by atoms with Crippen molar-refractivity contribution in [2.75, 3.05) is 14.2 Å². The van der Waals surface area contributed by atoms with Gasteiger partial charge in [0.1, 0.15) is 5.76 Å². The third-order valence-electron chi connectivity index (χ3n) is 4.06. The predicted octanol–water partition coefficient (Wildman–Crippen LogP) is 4.44. The molecule has 0 fully saturated rings. The summed E-state index contributed by atoms with van der Waals surface area (Å²) < 4.78 is 14.9. The van der Waals surface area contributed by atoms with E-state index in [0.29, 0.717) is 16.9 Å². The van der Waals surface area contributed by atoms with Crippen LogP contribution >= 0.6 is 0 Å². The van der Waals surface area contributed by atoms with E-state index in [2.05, 4.69) is 0 Å². The Kier molecular flexibility index (Phi) is 5.52. The zero-order valence-corrected chi connectivity index (χ0v) is 15.0. The van der Waals surface area contributed by atoms with Crippen LogP contribution < -0.4 is 0 Å². The van der Waals surface area contributed by atoms with E-state index in [1.54, 1.807) is 30.5 Å². The second-order valence-corrected chi connectivity index (χ2v) is 5.71. The molecule has 0 aliphatic rings. The van der Waals surface area contributed by atoms with Crippen LogP contribution in [0.2, 0.25) is 0 Å². The lowest BCUT2D eigenvalue weighted by molar-refractivity contribution is 0.0592. The zero-order valence-electron chi connectivity index (χ0n) is 15.0. The Hall–Kier alpha value is -3.60. The molecule has 3 aromatic rings. The van der Waals surface area contributed by atoms with Gasteiger partial charge in [0, 0.05) is 0 Å². The Morgan fingerprint density at radius 3 is 1.56 bits per heavy atom. The molecule has 0 amide bonds. The third kappa shape index (κ3) is 4.15. The Bertz CT molecular complexity index is 887. The normalized spacial score (nSPS) is 10.1. The number of hydrogen-bond acceptors (Lipinski definition) is 5. The molecule has 1 heterocycles. The first-order valence-electron chi connectivity index (χ1n) is 8.25. The van der Waals surface area contributed by atoms with Crippen molar-refractivity contribution >= 4 is 23.6 Å². The molecular weight excluding hydrogens is 344 g/mol. The van der Waals surface area contributed by atoms with Gasteiger partial charge in [-0.05, 0) is 59.2 Å². The van der Waals surface area contributed by atoms with Crippen molar-refractivity contribution in [2.24, 2.45) is 0 Å². The standard InChI is InChI=1S/C22H18O5/c1-25-21(23)17-9-5-15(6-10-17)20(14-19-4-3-13-27-19)16-7-11-18(12-8-16)22(24)26-2/h3-14H,1-2H3. The third-order valence-corrected chi connectivity index (χ3v) is 4.06. The fraction of sp³-hybridized carbons (Fsp3) is 0.0909. The summed E-state index contributed by atoms with van der Waals surface area (Å²) in [5.74, 6) is -0.0832. The summed E-state index contributed by atoms with van der Waals surface area (Å²) in [5.41, 5.74) is 3.62. The first-order chi connectivity index (χ1) is 13.1. The highest BCUT2D eigenvalue weighted by atomic mass is 16.5. The molecule has 0 aliphatic carbocycles. The average molecular weight is 362 g/mol. The molecule has 0 N–H and O–H groups in total.